The zero-order valence-electron chi connectivity index (χ0n) is 25.2. The molecule has 224 valence electrons. The van der Waals surface area contributed by atoms with E-state index in [9.17, 15) is 19.8 Å². The van der Waals surface area contributed by atoms with Gasteiger partial charge in [-0.3, -0.25) is 9.59 Å². The molecule has 11 atom stereocenters. The molecule has 4 aliphatic rings. The van der Waals surface area contributed by atoms with E-state index in [0.29, 0.717) is 29.9 Å². The molecule has 39 heavy (non-hydrogen) atoms. The number of carbonyl (C=O) groups excluding carboxylic acids is 2. The van der Waals surface area contributed by atoms with Crippen LogP contribution in [0.4, 0.5) is 0 Å². The number of hydrogen-bond acceptors (Lipinski definition) is 7. The van der Waals surface area contributed by atoms with Crippen molar-refractivity contribution in [3.8, 4) is 0 Å². The van der Waals surface area contributed by atoms with Crippen molar-refractivity contribution in [2.24, 2.45) is 51.8 Å². The molecule has 6 nitrogen and oxygen atoms in total. The first-order valence-electron chi connectivity index (χ1n) is 15.6. The van der Waals surface area contributed by atoms with Crippen molar-refractivity contribution in [1.29, 1.82) is 0 Å². The molecule has 4 rings (SSSR count). The summed E-state index contributed by atoms with van der Waals surface area (Å²) in [5, 5.41) is 32.6. The van der Waals surface area contributed by atoms with Crippen LogP contribution in [-0.4, -0.2) is 57.1 Å². The van der Waals surface area contributed by atoms with Gasteiger partial charge in [0, 0.05) is 12.2 Å². The Morgan fingerprint density at radius 1 is 1.08 bits per heavy atom. The highest BCUT2D eigenvalue weighted by Gasteiger charge is 2.65. The summed E-state index contributed by atoms with van der Waals surface area (Å²) in [6, 6.07) is 0. The van der Waals surface area contributed by atoms with E-state index >= 15 is 0 Å². The smallest absolute Gasteiger partial charge is 0.311 e. The lowest BCUT2D eigenvalue weighted by atomic mass is 9.43. The lowest BCUT2D eigenvalue weighted by molar-refractivity contribution is -0.210. The van der Waals surface area contributed by atoms with Crippen LogP contribution < -0.4 is 0 Å². The van der Waals surface area contributed by atoms with Crippen molar-refractivity contribution in [2.75, 3.05) is 12.4 Å². The molecule has 0 aliphatic heterocycles. The van der Waals surface area contributed by atoms with Crippen LogP contribution in [0, 0.1) is 51.8 Å². The third-order valence-electron chi connectivity index (χ3n) is 12.4. The Hall–Kier alpha value is -0.630. The van der Waals surface area contributed by atoms with Crippen LogP contribution in [0.15, 0.2) is 0 Å². The van der Waals surface area contributed by atoms with Crippen molar-refractivity contribution in [1.82, 2.24) is 0 Å². The SMILES string of the molecule is CCC(C)(C)C(=O)OC1CC[C@@]2(C)C(C1)CC(O)C1C2CC(O)[C@]2(C)C(C(C)CCC(=O)SCCO)CCC12. The van der Waals surface area contributed by atoms with Crippen molar-refractivity contribution in [2.45, 2.75) is 124 Å². The van der Waals surface area contributed by atoms with Gasteiger partial charge in [-0.1, -0.05) is 39.5 Å². The molecule has 4 fully saturated rings. The number of hydrogen-bond donors (Lipinski definition) is 3. The minimum Gasteiger partial charge on any atom is -0.462 e. The number of esters is 1. The van der Waals surface area contributed by atoms with Crippen molar-refractivity contribution < 1.29 is 29.6 Å². The molecule has 4 saturated carbocycles. The van der Waals surface area contributed by atoms with Crippen LogP contribution in [-0.2, 0) is 14.3 Å². The summed E-state index contributed by atoms with van der Waals surface area (Å²) in [5.41, 5.74) is -0.683. The van der Waals surface area contributed by atoms with Crippen LogP contribution >= 0.6 is 11.8 Å². The van der Waals surface area contributed by atoms with Gasteiger partial charge < -0.3 is 20.1 Å². The average Bonchev–Trinajstić information content (AvgIpc) is 3.25. The van der Waals surface area contributed by atoms with E-state index in [-0.39, 0.29) is 52.4 Å². The highest BCUT2D eigenvalue weighted by Crippen LogP contribution is 2.68. The van der Waals surface area contributed by atoms with Crippen molar-refractivity contribution in [3.05, 3.63) is 0 Å². The Kier molecular flexibility index (Phi) is 9.58. The summed E-state index contributed by atoms with van der Waals surface area (Å²) in [4.78, 5) is 25.0. The third-order valence-corrected chi connectivity index (χ3v) is 13.3. The number of thioether (sulfide) groups is 1. The third kappa shape index (κ3) is 5.72. The quantitative estimate of drug-likeness (QED) is 0.312. The standard InChI is InChI=1S/C32H54O6S/c1-7-30(3,4)29(37)38-21-12-13-31(5)20(16-21)17-25(34)28-23-10-9-22(32(23,6)26(35)18-24(28)31)19(2)8-11-27(36)39-15-14-33/h19-26,28,33-35H,7-18H2,1-6H3/t19?,20?,21?,22?,23?,24?,25?,26?,28?,31-,32+/m0/s1. The maximum Gasteiger partial charge on any atom is 0.311 e. The van der Waals surface area contributed by atoms with E-state index in [1.165, 1.54) is 11.8 Å². The first-order valence-corrected chi connectivity index (χ1v) is 16.6. The first-order chi connectivity index (χ1) is 18.3. The van der Waals surface area contributed by atoms with Crippen LogP contribution in [0.5, 0.6) is 0 Å². The average molecular weight is 567 g/mol. The van der Waals surface area contributed by atoms with Crippen LogP contribution in [0.2, 0.25) is 0 Å². The molecule has 0 aromatic heterocycles. The van der Waals surface area contributed by atoms with Gasteiger partial charge in [-0.15, -0.1) is 0 Å². The molecule has 4 aliphatic carbocycles. The second-order valence-corrected chi connectivity index (χ2v) is 15.7. The summed E-state index contributed by atoms with van der Waals surface area (Å²) in [5.74, 6) is 2.04. The molecular formula is C32H54O6S. The van der Waals surface area contributed by atoms with E-state index in [0.717, 1.165) is 57.8 Å². The van der Waals surface area contributed by atoms with Crippen LogP contribution in [0.1, 0.15) is 106 Å². The molecule has 0 aromatic rings. The normalized spacial score (nSPS) is 42.7. The maximum atomic E-state index is 12.8. The molecule has 0 aromatic carbocycles. The molecule has 0 bridgehead atoms. The van der Waals surface area contributed by atoms with Gasteiger partial charge in [0.2, 0.25) is 0 Å². The van der Waals surface area contributed by atoms with Crippen molar-refractivity contribution >= 4 is 22.8 Å². The van der Waals surface area contributed by atoms with Crippen molar-refractivity contribution in [3.63, 3.8) is 0 Å². The number of aliphatic hydroxyl groups excluding tert-OH is 3. The monoisotopic (exact) mass is 566 g/mol. The number of aliphatic hydroxyl groups is 3. The van der Waals surface area contributed by atoms with Gasteiger partial charge in [0.05, 0.1) is 24.2 Å². The van der Waals surface area contributed by atoms with Gasteiger partial charge in [0.15, 0.2) is 5.12 Å². The van der Waals surface area contributed by atoms with Gasteiger partial charge in [-0.25, -0.2) is 0 Å². The Morgan fingerprint density at radius 2 is 1.79 bits per heavy atom. The topological polar surface area (TPSA) is 104 Å². The minimum atomic E-state index is -0.475. The Morgan fingerprint density at radius 3 is 2.46 bits per heavy atom. The predicted molar refractivity (Wildman–Crippen MR) is 155 cm³/mol. The van der Waals surface area contributed by atoms with E-state index in [1.807, 2.05) is 20.8 Å². The molecular weight excluding hydrogens is 512 g/mol. The van der Waals surface area contributed by atoms with Gasteiger partial charge in [0.25, 0.3) is 0 Å². The highest BCUT2D eigenvalue weighted by atomic mass is 32.2. The zero-order chi connectivity index (χ0) is 28.8. The molecule has 9 unspecified atom stereocenters. The highest BCUT2D eigenvalue weighted by molar-refractivity contribution is 8.13. The predicted octanol–water partition coefficient (Wildman–Crippen LogP) is 5.60. The number of fused-ring (bicyclic) bond motifs is 5. The fourth-order valence-corrected chi connectivity index (χ4v) is 10.0. The lowest BCUT2D eigenvalue weighted by Crippen LogP contribution is -2.62. The molecule has 0 radical (unpaired) electrons. The number of rotatable bonds is 9. The minimum absolute atomic E-state index is 0.0219. The van der Waals surface area contributed by atoms with E-state index in [4.69, 9.17) is 9.84 Å². The summed E-state index contributed by atoms with van der Waals surface area (Å²) < 4.78 is 6.01. The number of carbonyl (C=O) groups is 2. The van der Waals surface area contributed by atoms with E-state index in [2.05, 4.69) is 20.8 Å². The van der Waals surface area contributed by atoms with Gasteiger partial charge >= 0.3 is 5.97 Å². The Bertz CT molecular complexity index is 892. The van der Waals surface area contributed by atoms with E-state index < -0.39 is 17.6 Å². The summed E-state index contributed by atoms with van der Waals surface area (Å²) in [6.45, 7) is 12.8. The summed E-state index contributed by atoms with van der Waals surface area (Å²) in [7, 11) is 0. The lowest BCUT2D eigenvalue weighted by Gasteiger charge is -2.63. The largest absolute Gasteiger partial charge is 0.462 e. The first kappa shape index (κ1) is 31.3. The van der Waals surface area contributed by atoms with Crippen LogP contribution in [0.3, 0.4) is 0 Å². The Balaban J connectivity index is 1.46. The molecule has 7 heteroatoms. The second kappa shape index (κ2) is 11.9. The maximum absolute atomic E-state index is 12.8. The second-order valence-electron chi connectivity index (χ2n) is 14.6. The Labute approximate surface area is 240 Å². The zero-order valence-corrected chi connectivity index (χ0v) is 26.0. The van der Waals surface area contributed by atoms with Crippen LogP contribution in [0.25, 0.3) is 0 Å². The van der Waals surface area contributed by atoms with Gasteiger partial charge in [-0.05, 0) is 118 Å². The fourth-order valence-electron chi connectivity index (χ4n) is 9.46. The molecule has 0 heterocycles. The summed E-state index contributed by atoms with van der Waals surface area (Å²) >= 11 is 1.21. The molecule has 0 saturated heterocycles. The summed E-state index contributed by atoms with van der Waals surface area (Å²) in [6.07, 6.45) is 7.36. The molecule has 3 N–H and O–H groups in total. The van der Waals surface area contributed by atoms with E-state index in [1.54, 1.807) is 0 Å². The number of ether oxygens (including phenoxy) is 1. The molecule has 0 amide bonds. The molecule has 0 spiro atoms. The van der Waals surface area contributed by atoms with Gasteiger partial charge in [0.1, 0.15) is 6.10 Å². The van der Waals surface area contributed by atoms with Gasteiger partial charge in [-0.2, -0.15) is 0 Å². The fraction of sp³-hybridized carbons (Fsp3) is 0.938.